The van der Waals surface area contributed by atoms with Crippen molar-refractivity contribution in [3.05, 3.63) is 0 Å². The molecule has 1 N–H and O–H groups in total. The molecule has 4 heteroatoms. The zero-order chi connectivity index (χ0) is 13.8. The summed E-state index contributed by atoms with van der Waals surface area (Å²) in [6.45, 7) is 6.67. The Labute approximate surface area is 109 Å². The van der Waals surface area contributed by atoms with Crippen LogP contribution in [0, 0.1) is 11.3 Å². The van der Waals surface area contributed by atoms with Crippen molar-refractivity contribution in [2.24, 2.45) is 11.3 Å². The Hall–Kier alpha value is -1.06. The van der Waals surface area contributed by atoms with Crippen LogP contribution in [0.3, 0.4) is 0 Å². The first-order chi connectivity index (χ1) is 8.34. The molecule has 0 aromatic heterocycles. The SMILES string of the molecule is CCN(CC(=O)O)C(=O)CC1CCC(C)(C)CC1. The Morgan fingerprint density at radius 3 is 2.28 bits per heavy atom. The fraction of sp³-hybridized carbons (Fsp3) is 0.857. The molecule has 1 aliphatic carbocycles. The predicted molar refractivity (Wildman–Crippen MR) is 70.2 cm³/mol. The number of nitrogens with zero attached hydrogens (tertiary/aromatic N) is 1. The highest BCUT2D eigenvalue weighted by Gasteiger charge is 2.29. The van der Waals surface area contributed by atoms with Crippen LogP contribution < -0.4 is 0 Å². The van der Waals surface area contributed by atoms with Crippen molar-refractivity contribution in [3.63, 3.8) is 0 Å². The monoisotopic (exact) mass is 255 g/mol. The Morgan fingerprint density at radius 2 is 1.83 bits per heavy atom. The van der Waals surface area contributed by atoms with Crippen molar-refractivity contribution >= 4 is 11.9 Å². The number of amides is 1. The summed E-state index contributed by atoms with van der Waals surface area (Å²) in [4.78, 5) is 24.1. The van der Waals surface area contributed by atoms with Gasteiger partial charge in [0.25, 0.3) is 0 Å². The largest absolute Gasteiger partial charge is 0.480 e. The van der Waals surface area contributed by atoms with Crippen LogP contribution in [0.5, 0.6) is 0 Å². The van der Waals surface area contributed by atoms with Gasteiger partial charge in [-0.25, -0.2) is 0 Å². The molecule has 0 bridgehead atoms. The third-order valence-electron chi connectivity index (χ3n) is 3.98. The lowest BCUT2D eigenvalue weighted by molar-refractivity contribution is -0.144. The quantitative estimate of drug-likeness (QED) is 0.821. The van der Waals surface area contributed by atoms with Gasteiger partial charge in [0.1, 0.15) is 6.54 Å². The minimum Gasteiger partial charge on any atom is -0.480 e. The van der Waals surface area contributed by atoms with Crippen molar-refractivity contribution in [1.29, 1.82) is 0 Å². The van der Waals surface area contributed by atoms with E-state index in [0.717, 1.165) is 25.7 Å². The van der Waals surface area contributed by atoms with Crippen LogP contribution in [0.1, 0.15) is 52.9 Å². The van der Waals surface area contributed by atoms with E-state index in [4.69, 9.17) is 5.11 Å². The van der Waals surface area contributed by atoms with Crippen LogP contribution in [0.15, 0.2) is 0 Å². The van der Waals surface area contributed by atoms with E-state index in [1.807, 2.05) is 6.92 Å². The second-order valence-electron chi connectivity index (χ2n) is 6.11. The van der Waals surface area contributed by atoms with Crippen molar-refractivity contribution < 1.29 is 14.7 Å². The Bertz CT molecular complexity index is 302. The molecular formula is C14H25NO3. The molecule has 0 spiro atoms. The number of hydrogen-bond acceptors (Lipinski definition) is 2. The molecule has 18 heavy (non-hydrogen) atoms. The van der Waals surface area contributed by atoms with E-state index >= 15 is 0 Å². The van der Waals surface area contributed by atoms with Crippen LogP contribution in [0.4, 0.5) is 0 Å². The van der Waals surface area contributed by atoms with Gasteiger partial charge in [-0.2, -0.15) is 0 Å². The zero-order valence-electron chi connectivity index (χ0n) is 11.7. The molecule has 1 rings (SSSR count). The highest BCUT2D eigenvalue weighted by atomic mass is 16.4. The average Bonchev–Trinajstić information content (AvgIpc) is 2.28. The lowest BCUT2D eigenvalue weighted by Gasteiger charge is -2.34. The fourth-order valence-corrected chi connectivity index (χ4v) is 2.58. The molecule has 0 aromatic carbocycles. The van der Waals surface area contributed by atoms with E-state index in [0.29, 0.717) is 24.3 Å². The maximum absolute atomic E-state index is 12.0. The van der Waals surface area contributed by atoms with Gasteiger partial charge >= 0.3 is 5.97 Å². The molecule has 4 nitrogen and oxygen atoms in total. The smallest absolute Gasteiger partial charge is 0.323 e. The minimum absolute atomic E-state index is 0.00962. The van der Waals surface area contributed by atoms with Crippen molar-refractivity contribution in [2.75, 3.05) is 13.1 Å². The summed E-state index contributed by atoms with van der Waals surface area (Å²) in [5.74, 6) is -0.507. The Balaban J connectivity index is 2.42. The summed E-state index contributed by atoms with van der Waals surface area (Å²) in [7, 11) is 0. The maximum atomic E-state index is 12.0. The molecule has 1 fully saturated rings. The second kappa shape index (κ2) is 6.21. The van der Waals surface area contributed by atoms with Crippen LogP contribution in [-0.2, 0) is 9.59 Å². The summed E-state index contributed by atoms with van der Waals surface area (Å²) >= 11 is 0. The highest BCUT2D eigenvalue weighted by Crippen LogP contribution is 2.39. The first kappa shape index (κ1) is 15.0. The number of carboxylic acids is 1. The number of carboxylic acid groups (broad SMARTS) is 1. The molecule has 0 saturated heterocycles. The number of carbonyl (C=O) groups excluding carboxylic acids is 1. The van der Waals surface area contributed by atoms with Crippen LogP contribution in [0.2, 0.25) is 0 Å². The van der Waals surface area contributed by atoms with E-state index in [1.165, 1.54) is 4.90 Å². The van der Waals surface area contributed by atoms with E-state index in [9.17, 15) is 9.59 Å². The summed E-state index contributed by atoms with van der Waals surface area (Å²) in [6.07, 6.45) is 5.01. The van der Waals surface area contributed by atoms with Crippen LogP contribution in [0.25, 0.3) is 0 Å². The van der Waals surface area contributed by atoms with Crippen molar-refractivity contribution in [1.82, 2.24) is 4.90 Å². The molecule has 1 aliphatic rings. The standard InChI is InChI=1S/C14H25NO3/c1-4-15(10-13(17)18)12(16)9-11-5-7-14(2,3)8-6-11/h11H,4-10H2,1-3H3,(H,17,18). The number of hydrogen-bond donors (Lipinski definition) is 1. The molecule has 0 aliphatic heterocycles. The maximum Gasteiger partial charge on any atom is 0.323 e. The molecule has 0 unspecified atom stereocenters. The normalized spacial score (nSPS) is 19.5. The van der Waals surface area contributed by atoms with E-state index in [1.54, 1.807) is 0 Å². The van der Waals surface area contributed by atoms with Crippen LogP contribution >= 0.6 is 0 Å². The predicted octanol–water partition coefficient (Wildman–Crippen LogP) is 2.53. The van der Waals surface area contributed by atoms with E-state index in [-0.39, 0.29) is 12.5 Å². The van der Waals surface area contributed by atoms with Gasteiger partial charge < -0.3 is 10.0 Å². The summed E-state index contributed by atoms with van der Waals surface area (Å²) in [5.41, 5.74) is 0.408. The summed E-state index contributed by atoms with van der Waals surface area (Å²) in [6, 6.07) is 0. The minimum atomic E-state index is -0.935. The van der Waals surface area contributed by atoms with Gasteiger partial charge in [0.15, 0.2) is 0 Å². The Kier molecular flexibility index (Phi) is 5.17. The van der Waals surface area contributed by atoms with E-state index < -0.39 is 5.97 Å². The zero-order valence-corrected chi connectivity index (χ0v) is 11.7. The third-order valence-corrected chi connectivity index (χ3v) is 3.98. The number of likely N-dealkylation sites (N-methyl/N-ethyl adjacent to an activating group) is 1. The molecule has 1 amide bonds. The number of rotatable bonds is 5. The first-order valence-electron chi connectivity index (χ1n) is 6.83. The van der Waals surface area contributed by atoms with Gasteiger partial charge in [-0.15, -0.1) is 0 Å². The lowest BCUT2D eigenvalue weighted by Crippen LogP contribution is -2.37. The lowest BCUT2D eigenvalue weighted by atomic mass is 9.72. The van der Waals surface area contributed by atoms with Crippen LogP contribution in [-0.4, -0.2) is 35.0 Å². The molecule has 0 aromatic rings. The van der Waals surface area contributed by atoms with Gasteiger partial charge in [-0.3, -0.25) is 9.59 Å². The van der Waals surface area contributed by atoms with E-state index in [2.05, 4.69) is 13.8 Å². The average molecular weight is 255 g/mol. The molecule has 0 radical (unpaired) electrons. The van der Waals surface area contributed by atoms with Gasteiger partial charge in [-0.1, -0.05) is 13.8 Å². The molecular weight excluding hydrogens is 230 g/mol. The topological polar surface area (TPSA) is 57.6 Å². The van der Waals surface area contributed by atoms with Gasteiger partial charge in [0, 0.05) is 13.0 Å². The van der Waals surface area contributed by atoms with Crippen molar-refractivity contribution in [2.45, 2.75) is 52.9 Å². The van der Waals surface area contributed by atoms with Gasteiger partial charge in [0.2, 0.25) is 5.91 Å². The molecule has 0 heterocycles. The molecule has 1 saturated carbocycles. The molecule has 104 valence electrons. The van der Waals surface area contributed by atoms with Crippen molar-refractivity contribution in [3.8, 4) is 0 Å². The first-order valence-corrected chi connectivity index (χ1v) is 6.83. The third kappa shape index (κ3) is 4.67. The fourth-order valence-electron chi connectivity index (χ4n) is 2.58. The highest BCUT2D eigenvalue weighted by molar-refractivity contribution is 5.81. The second-order valence-corrected chi connectivity index (χ2v) is 6.11. The number of aliphatic carboxylic acids is 1. The summed E-state index contributed by atoms with van der Waals surface area (Å²) in [5, 5.41) is 8.74. The van der Waals surface area contributed by atoms with Gasteiger partial charge in [0.05, 0.1) is 0 Å². The molecule has 0 atom stereocenters. The van der Waals surface area contributed by atoms with Gasteiger partial charge in [-0.05, 0) is 43.9 Å². The number of carbonyl (C=O) groups is 2. The Morgan fingerprint density at radius 1 is 1.28 bits per heavy atom. The summed E-state index contributed by atoms with van der Waals surface area (Å²) < 4.78 is 0.